The third kappa shape index (κ3) is 4.06. The Kier molecular flexibility index (Phi) is 4.53. The fourth-order valence-corrected chi connectivity index (χ4v) is 2.81. The van der Waals surface area contributed by atoms with Gasteiger partial charge in [0.05, 0.1) is 0 Å². The zero-order chi connectivity index (χ0) is 14.5. The van der Waals surface area contributed by atoms with E-state index in [4.69, 9.17) is 0 Å². The van der Waals surface area contributed by atoms with Crippen LogP contribution in [0.1, 0.15) is 11.1 Å². The normalized spacial score (nSPS) is 17.0. The monoisotopic (exact) mass is 282 g/mol. The van der Waals surface area contributed by atoms with E-state index in [1.807, 2.05) is 12.1 Å². The van der Waals surface area contributed by atoms with Crippen molar-refractivity contribution in [1.29, 1.82) is 0 Å². The van der Waals surface area contributed by atoms with Crippen LogP contribution in [0.2, 0.25) is 0 Å². The lowest BCUT2D eigenvalue weighted by Gasteiger charge is -2.34. The molecule has 1 saturated heterocycles. The van der Waals surface area contributed by atoms with Crippen LogP contribution in [0, 0.1) is 0 Å². The lowest BCUT2D eigenvalue weighted by molar-refractivity contribution is 0.122. The Bertz CT molecular complexity index is 545. The SMILES string of the molecule is Oc1ccc(CN2CCN(Cc3ccccc3)CC2)cc1. The largest absolute Gasteiger partial charge is 0.508 e. The van der Waals surface area contributed by atoms with Crippen LogP contribution in [0.5, 0.6) is 5.75 Å². The zero-order valence-corrected chi connectivity index (χ0v) is 12.3. The lowest BCUT2D eigenvalue weighted by Crippen LogP contribution is -2.45. The van der Waals surface area contributed by atoms with Crippen molar-refractivity contribution in [2.75, 3.05) is 26.2 Å². The molecule has 3 heteroatoms. The maximum Gasteiger partial charge on any atom is 0.115 e. The number of piperazine rings is 1. The van der Waals surface area contributed by atoms with Crippen LogP contribution in [0.3, 0.4) is 0 Å². The summed E-state index contributed by atoms with van der Waals surface area (Å²) >= 11 is 0. The molecule has 0 bridgehead atoms. The number of rotatable bonds is 4. The van der Waals surface area contributed by atoms with E-state index in [9.17, 15) is 5.11 Å². The average Bonchev–Trinajstić information content (AvgIpc) is 2.53. The van der Waals surface area contributed by atoms with Gasteiger partial charge < -0.3 is 5.11 Å². The number of benzene rings is 2. The second-order valence-corrected chi connectivity index (χ2v) is 5.70. The summed E-state index contributed by atoms with van der Waals surface area (Å²) in [5, 5.41) is 9.32. The van der Waals surface area contributed by atoms with Gasteiger partial charge in [-0.05, 0) is 23.3 Å². The van der Waals surface area contributed by atoms with Crippen LogP contribution in [-0.2, 0) is 13.1 Å². The third-order valence-corrected chi connectivity index (χ3v) is 4.06. The maximum atomic E-state index is 9.32. The molecular weight excluding hydrogens is 260 g/mol. The predicted molar refractivity (Wildman–Crippen MR) is 85.1 cm³/mol. The molecule has 2 aromatic rings. The summed E-state index contributed by atoms with van der Waals surface area (Å²) < 4.78 is 0. The molecule has 2 aromatic carbocycles. The zero-order valence-electron chi connectivity index (χ0n) is 12.3. The Labute approximate surface area is 126 Å². The number of nitrogens with zero attached hydrogens (tertiary/aromatic N) is 2. The van der Waals surface area contributed by atoms with Gasteiger partial charge in [-0.25, -0.2) is 0 Å². The van der Waals surface area contributed by atoms with Gasteiger partial charge in [0.2, 0.25) is 0 Å². The first-order valence-electron chi connectivity index (χ1n) is 7.56. The highest BCUT2D eigenvalue weighted by molar-refractivity contribution is 5.25. The molecule has 0 saturated carbocycles. The highest BCUT2D eigenvalue weighted by Gasteiger charge is 2.16. The Morgan fingerprint density at radius 1 is 0.667 bits per heavy atom. The maximum absolute atomic E-state index is 9.32. The minimum atomic E-state index is 0.339. The van der Waals surface area contributed by atoms with Crippen LogP contribution in [0.4, 0.5) is 0 Å². The Morgan fingerprint density at radius 3 is 1.67 bits per heavy atom. The smallest absolute Gasteiger partial charge is 0.115 e. The lowest BCUT2D eigenvalue weighted by atomic mass is 10.1. The van der Waals surface area contributed by atoms with Crippen molar-refractivity contribution in [3.8, 4) is 5.75 Å². The first-order valence-corrected chi connectivity index (χ1v) is 7.56. The molecule has 110 valence electrons. The molecule has 0 radical (unpaired) electrons. The standard InChI is InChI=1S/C18H22N2O/c21-18-8-6-17(7-9-18)15-20-12-10-19(11-13-20)14-16-4-2-1-3-5-16/h1-9,21H,10-15H2. The molecule has 21 heavy (non-hydrogen) atoms. The van der Waals surface area contributed by atoms with E-state index < -0.39 is 0 Å². The number of phenolic OH excluding ortho intramolecular Hbond substituents is 1. The molecule has 1 heterocycles. The van der Waals surface area contributed by atoms with Crippen LogP contribution in [0.15, 0.2) is 54.6 Å². The van der Waals surface area contributed by atoms with Gasteiger partial charge in [0.25, 0.3) is 0 Å². The number of aromatic hydroxyl groups is 1. The van der Waals surface area contributed by atoms with Gasteiger partial charge in [-0.15, -0.1) is 0 Å². The van der Waals surface area contributed by atoms with E-state index in [2.05, 4.69) is 40.1 Å². The van der Waals surface area contributed by atoms with E-state index >= 15 is 0 Å². The van der Waals surface area contributed by atoms with E-state index in [1.54, 1.807) is 12.1 Å². The van der Waals surface area contributed by atoms with Crippen LogP contribution in [0.25, 0.3) is 0 Å². The molecule has 3 nitrogen and oxygen atoms in total. The highest BCUT2D eigenvalue weighted by atomic mass is 16.3. The molecule has 0 atom stereocenters. The van der Waals surface area contributed by atoms with Gasteiger partial charge in [-0.3, -0.25) is 9.80 Å². The van der Waals surface area contributed by atoms with Crippen LogP contribution in [-0.4, -0.2) is 41.1 Å². The number of hydrogen-bond donors (Lipinski definition) is 1. The van der Waals surface area contributed by atoms with Crippen LogP contribution >= 0.6 is 0 Å². The summed E-state index contributed by atoms with van der Waals surface area (Å²) in [6.45, 7) is 6.47. The van der Waals surface area contributed by atoms with Gasteiger partial charge in [-0.2, -0.15) is 0 Å². The first-order chi connectivity index (χ1) is 10.3. The van der Waals surface area contributed by atoms with E-state index in [1.165, 1.54) is 11.1 Å². The van der Waals surface area contributed by atoms with E-state index in [0.717, 1.165) is 39.3 Å². The summed E-state index contributed by atoms with van der Waals surface area (Å²) in [6.07, 6.45) is 0. The van der Waals surface area contributed by atoms with E-state index in [0.29, 0.717) is 5.75 Å². The minimum Gasteiger partial charge on any atom is -0.508 e. The summed E-state index contributed by atoms with van der Waals surface area (Å²) in [4.78, 5) is 5.00. The van der Waals surface area contributed by atoms with Crippen molar-refractivity contribution in [3.63, 3.8) is 0 Å². The summed E-state index contributed by atoms with van der Waals surface area (Å²) in [5.41, 5.74) is 2.66. The van der Waals surface area contributed by atoms with Crippen LogP contribution < -0.4 is 0 Å². The summed E-state index contributed by atoms with van der Waals surface area (Å²) in [7, 11) is 0. The molecule has 0 aliphatic carbocycles. The molecule has 1 N–H and O–H groups in total. The van der Waals surface area contributed by atoms with E-state index in [-0.39, 0.29) is 0 Å². The fraction of sp³-hybridized carbons (Fsp3) is 0.333. The minimum absolute atomic E-state index is 0.339. The molecular formula is C18H22N2O. The van der Waals surface area contributed by atoms with Crippen molar-refractivity contribution in [3.05, 3.63) is 65.7 Å². The molecule has 0 aromatic heterocycles. The van der Waals surface area contributed by atoms with Gasteiger partial charge >= 0.3 is 0 Å². The predicted octanol–water partition coefficient (Wildman–Crippen LogP) is 2.71. The van der Waals surface area contributed by atoms with Crippen molar-refractivity contribution in [1.82, 2.24) is 9.80 Å². The molecule has 3 rings (SSSR count). The quantitative estimate of drug-likeness (QED) is 0.934. The summed E-state index contributed by atoms with van der Waals surface area (Å²) in [6, 6.07) is 18.2. The Balaban J connectivity index is 1.47. The van der Waals surface area contributed by atoms with Gasteiger partial charge in [0.15, 0.2) is 0 Å². The highest BCUT2D eigenvalue weighted by Crippen LogP contribution is 2.14. The second-order valence-electron chi connectivity index (χ2n) is 5.70. The Hall–Kier alpha value is -1.84. The van der Waals surface area contributed by atoms with Gasteiger partial charge in [0.1, 0.15) is 5.75 Å². The first kappa shape index (κ1) is 14.1. The van der Waals surface area contributed by atoms with Gasteiger partial charge in [-0.1, -0.05) is 42.5 Å². The molecule has 1 aliphatic heterocycles. The van der Waals surface area contributed by atoms with Crippen molar-refractivity contribution >= 4 is 0 Å². The molecule has 0 unspecified atom stereocenters. The third-order valence-electron chi connectivity index (χ3n) is 4.06. The number of hydrogen-bond acceptors (Lipinski definition) is 3. The summed E-state index contributed by atoms with van der Waals surface area (Å²) in [5.74, 6) is 0.339. The number of phenols is 1. The van der Waals surface area contributed by atoms with Crippen molar-refractivity contribution < 1.29 is 5.11 Å². The van der Waals surface area contributed by atoms with Crippen molar-refractivity contribution in [2.45, 2.75) is 13.1 Å². The molecule has 0 amide bonds. The topological polar surface area (TPSA) is 26.7 Å². The average molecular weight is 282 g/mol. The second kappa shape index (κ2) is 6.74. The Morgan fingerprint density at radius 2 is 1.14 bits per heavy atom. The van der Waals surface area contributed by atoms with Crippen molar-refractivity contribution in [2.24, 2.45) is 0 Å². The molecule has 1 aliphatic rings. The molecule has 0 spiro atoms. The van der Waals surface area contributed by atoms with Gasteiger partial charge in [0, 0.05) is 39.3 Å². The molecule has 1 fully saturated rings. The fourth-order valence-electron chi connectivity index (χ4n) is 2.81.